The predicted octanol–water partition coefficient (Wildman–Crippen LogP) is 5.82. The van der Waals surface area contributed by atoms with E-state index in [-0.39, 0.29) is 25.0 Å². The fourth-order valence-corrected chi connectivity index (χ4v) is 3.71. The smallest absolute Gasteiger partial charge is 0.305 e. The number of hydrogen-bond acceptors (Lipinski definition) is 4. The van der Waals surface area contributed by atoms with E-state index in [4.69, 9.17) is 4.74 Å². The first-order valence-corrected chi connectivity index (χ1v) is 13.3. The van der Waals surface area contributed by atoms with Crippen LogP contribution in [-0.4, -0.2) is 37.5 Å². The van der Waals surface area contributed by atoms with Gasteiger partial charge in [0.05, 0.1) is 6.04 Å². The molecule has 188 valence electrons. The molecular formula is C26H50N2O4. The molecular weight excluding hydrogens is 404 g/mol. The lowest BCUT2D eigenvalue weighted by atomic mass is 10.0. The fraction of sp³-hybridized carbons (Fsp3) is 0.885. The molecule has 0 saturated carbocycles. The highest BCUT2D eigenvalue weighted by Gasteiger charge is 2.12. The quantitative estimate of drug-likeness (QED) is 0.109. The van der Waals surface area contributed by atoms with E-state index in [1.54, 1.807) is 0 Å². The Hall–Kier alpha value is -1.59. The van der Waals surface area contributed by atoms with Gasteiger partial charge in [-0.1, -0.05) is 104 Å². The van der Waals surface area contributed by atoms with Crippen LogP contribution in [0.2, 0.25) is 0 Å². The van der Waals surface area contributed by atoms with Crippen LogP contribution in [0, 0.1) is 0 Å². The number of ether oxygens (including phenoxy) is 1. The van der Waals surface area contributed by atoms with E-state index in [0.717, 1.165) is 19.3 Å². The Morgan fingerprint density at radius 1 is 0.719 bits per heavy atom. The van der Waals surface area contributed by atoms with E-state index in [1.165, 1.54) is 83.5 Å². The number of carbonyl (C=O) groups is 3. The summed E-state index contributed by atoms with van der Waals surface area (Å²) in [7, 11) is 0. The number of rotatable bonds is 24. The molecule has 0 aromatic heterocycles. The van der Waals surface area contributed by atoms with Gasteiger partial charge >= 0.3 is 5.97 Å². The standard InChI is InChI=1S/C26H50N2O4/c1-3-5-6-7-8-9-10-11-12-13-14-15-16-17-18-20-25(30)27-21-24(28-23-29)22-32-26(31)19-4-2/h23-24H,3-22H2,1-2H3,(H,27,30)(H,28,29). The summed E-state index contributed by atoms with van der Waals surface area (Å²) >= 11 is 0. The summed E-state index contributed by atoms with van der Waals surface area (Å²) in [5.74, 6) is -0.299. The molecule has 0 aromatic rings. The molecule has 0 aliphatic heterocycles. The van der Waals surface area contributed by atoms with E-state index < -0.39 is 6.04 Å². The Morgan fingerprint density at radius 2 is 1.22 bits per heavy atom. The predicted molar refractivity (Wildman–Crippen MR) is 131 cm³/mol. The van der Waals surface area contributed by atoms with Crippen LogP contribution >= 0.6 is 0 Å². The van der Waals surface area contributed by atoms with Crippen LogP contribution in [0.25, 0.3) is 0 Å². The maximum atomic E-state index is 12.0. The molecule has 0 heterocycles. The van der Waals surface area contributed by atoms with E-state index in [0.29, 0.717) is 19.3 Å². The first kappa shape index (κ1) is 30.4. The third-order valence-corrected chi connectivity index (χ3v) is 5.76. The number of nitrogens with one attached hydrogen (secondary N) is 2. The normalized spacial score (nSPS) is 11.7. The first-order valence-electron chi connectivity index (χ1n) is 13.3. The average Bonchev–Trinajstić information content (AvgIpc) is 2.78. The van der Waals surface area contributed by atoms with Crippen molar-refractivity contribution < 1.29 is 19.1 Å². The topological polar surface area (TPSA) is 84.5 Å². The second kappa shape index (κ2) is 24.1. The van der Waals surface area contributed by atoms with Gasteiger partial charge in [-0.2, -0.15) is 0 Å². The largest absolute Gasteiger partial charge is 0.463 e. The second-order valence-electron chi connectivity index (χ2n) is 8.92. The Morgan fingerprint density at radius 3 is 1.69 bits per heavy atom. The maximum absolute atomic E-state index is 12.0. The van der Waals surface area contributed by atoms with Crippen LogP contribution in [0.5, 0.6) is 0 Å². The number of unbranched alkanes of at least 4 members (excludes halogenated alkanes) is 14. The minimum Gasteiger partial charge on any atom is -0.463 e. The van der Waals surface area contributed by atoms with Crippen LogP contribution in [0.3, 0.4) is 0 Å². The fourth-order valence-electron chi connectivity index (χ4n) is 3.71. The maximum Gasteiger partial charge on any atom is 0.305 e. The summed E-state index contributed by atoms with van der Waals surface area (Å²) in [6.45, 7) is 4.52. The number of amides is 2. The van der Waals surface area contributed by atoms with Crippen molar-refractivity contribution in [2.45, 2.75) is 135 Å². The third-order valence-electron chi connectivity index (χ3n) is 5.76. The van der Waals surface area contributed by atoms with Crippen LogP contribution in [0.15, 0.2) is 0 Å². The Labute approximate surface area is 197 Å². The molecule has 0 spiro atoms. The van der Waals surface area contributed by atoms with Crippen molar-refractivity contribution >= 4 is 18.3 Å². The molecule has 6 nitrogen and oxygen atoms in total. The lowest BCUT2D eigenvalue weighted by Crippen LogP contribution is -2.43. The SMILES string of the molecule is CCCCCCCCCCCCCCCCCC(=O)NCC(COC(=O)CCC)NC=O. The highest BCUT2D eigenvalue weighted by molar-refractivity contribution is 5.75. The van der Waals surface area contributed by atoms with Crippen LogP contribution in [-0.2, 0) is 19.1 Å². The zero-order chi connectivity index (χ0) is 23.7. The third kappa shape index (κ3) is 21.6. The summed E-state index contributed by atoms with van der Waals surface area (Å²) in [6, 6.07) is -0.390. The van der Waals surface area contributed by atoms with Gasteiger partial charge in [0.25, 0.3) is 0 Å². The molecule has 1 unspecified atom stereocenters. The van der Waals surface area contributed by atoms with Gasteiger partial charge < -0.3 is 15.4 Å². The molecule has 0 rings (SSSR count). The van der Waals surface area contributed by atoms with Gasteiger partial charge in [-0.05, 0) is 12.8 Å². The van der Waals surface area contributed by atoms with Gasteiger partial charge in [0.1, 0.15) is 6.61 Å². The van der Waals surface area contributed by atoms with E-state index in [2.05, 4.69) is 17.6 Å². The van der Waals surface area contributed by atoms with Crippen molar-refractivity contribution in [1.29, 1.82) is 0 Å². The second-order valence-corrected chi connectivity index (χ2v) is 8.92. The van der Waals surface area contributed by atoms with E-state index in [1.807, 2.05) is 6.92 Å². The molecule has 0 aliphatic rings. The molecule has 6 heteroatoms. The highest BCUT2D eigenvalue weighted by atomic mass is 16.5. The van der Waals surface area contributed by atoms with Crippen LogP contribution in [0.1, 0.15) is 129 Å². The van der Waals surface area contributed by atoms with Crippen molar-refractivity contribution in [3.8, 4) is 0 Å². The number of carbonyl (C=O) groups excluding carboxylic acids is 3. The van der Waals surface area contributed by atoms with E-state index >= 15 is 0 Å². The van der Waals surface area contributed by atoms with Crippen LogP contribution in [0.4, 0.5) is 0 Å². The summed E-state index contributed by atoms with van der Waals surface area (Å²) in [4.78, 5) is 34.1. The van der Waals surface area contributed by atoms with Gasteiger partial charge in [0, 0.05) is 19.4 Å². The van der Waals surface area contributed by atoms with Crippen molar-refractivity contribution in [1.82, 2.24) is 10.6 Å². The van der Waals surface area contributed by atoms with Crippen molar-refractivity contribution in [2.24, 2.45) is 0 Å². The molecule has 0 bridgehead atoms. The zero-order valence-corrected chi connectivity index (χ0v) is 20.9. The lowest BCUT2D eigenvalue weighted by Gasteiger charge is -2.17. The van der Waals surface area contributed by atoms with E-state index in [9.17, 15) is 14.4 Å². The Kier molecular flexibility index (Phi) is 22.9. The molecule has 2 amide bonds. The minimum atomic E-state index is -0.390. The molecule has 0 aromatic carbocycles. The Bertz CT molecular complexity index is 457. The van der Waals surface area contributed by atoms with Crippen molar-refractivity contribution in [2.75, 3.05) is 13.2 Å². The monoisotopic (exact) mass is 454 g/mol. The summed E-state index contributed by atoms with van der Waals surface area (Å²) < 4.78 is 5.11. The molecule has 0 aliphatic carbocycles. The molecule has 32 heavy (non-hydrogen) atoms. The lowest BCUT2D eigenvalue weighted by molar-refractivity contribution is -0.144. The summed E-state index contributed by atoms with van der Waals surface area (Å²) in [6.07, 6.45) is 21.7. The van der Waals surface area contributed by atoms with Gasteiger partial charge in [0.2, 0.25) is 12.3 Å². The van der Waals surface area contributed by atoms with Gasteiger partial charge in [-0.25, -0.2) is 0 Å². The van der Waals surface area contributed by atoms with Gasteiger partial charge in [-0.3, -0.25) is 14.4 Å². The Balaban J connectivity index is 3.50. The van der Waals surface area contributed by atoms with Crippen molar-refractivity contribution in [3.63, 3.8) is 0 Å². The van der Waals surface area contributed by atoms with Crippen molar-refractivity contribution in [3.05, 3.63) is 0 Å². The van der Waals surface area contributed by atoms with Crippen LogP contribution < -0.4 is 10.6 Å². The minimum absolute atomic E-state index is 0.0164. The zero-order valence-electron chi connectivity index (χ0n) is 20.9. The molecule has 0 fully saturated rings. The van der Waals surface area contributed by atoms with Gasteiger partial charge in [-0.15, -0.1) is 0 Å². The van der Waals surface area contributed by atoms with Gasteiger partial charge in [0.15, 0.2) is 0 Å². The first-order chi connectivity index (χ1) is 15.6. The summed E-state index contributed by atoms with van der Waals surface area (Å²) in [5.41, 5.74) is 0. The average molecular weight is 455 g/mol. The molecule has 2 N–H and O–H groups in total. The highest BCUT2D eigenvalue weighted by Crippen LogP contribution is 2.13. The molecule has 0 saturated heterocycles. The number of hydrogen-bond donors (Lipinski definition) is 2. The molecule has 1 atom stereocenters. The number of esters is 1. The molecule has 0 radical (unpaired) electrons. The summed E-state index contributed by atoms with van der Waals surface area (Å²) in [5, 5.41) is 5.41.